The van der Waals surface area contributed by atoms with Crippen molar-refractivity contribution in [3.8, 4) is 11.6 Å². The molecule has 2 aromatic rings. The molecule has 1 fully saturated rings. The van der Waals surface area contributed by atoms with Crippen molar-refractivity contribution in [3.63, 3.8) is 0 Å². The third-order valence-corrected chi connectivity index (χ3v) is 4.17. The van der Waals surface area contributed by atoms with Crippen molar-refractivity contribution in [2.75, 3.05) is 19.7 Å². The van der Waals surface area contributed by atoms with Crippen molar-refractivity contribution in [3.05, 3.63) is 47.1 Å². The van der Waals surface area contributed by atoms with Gasteiger partial charge in [-0.25, -0.2) is 0 Å². The molecular formula is C17H18ClN3O4. The molecule has 0 bridgehead atoms. The molecule has 0 spiro atoms. The maximum Gasteiger partial charge on any atom is 0.260 e. The van der Waals surface area contributed by atoms with E-state index in [0.29, 0.717) is 30.3 Å². The predicted molar refractivity (Wildman–Crippen MR) is 90.5 cm³/mol. The smallest absolute Gasteiger partial charge is 0.260 e. The number of amides is 1. The van der Waals surface area contributed by atoms with Crippen LogP contribution < -0.4 is 9.47 Å². The number of carbonyl (C=O) groups excluding carboxylic acids is 1. The van der Waals surface area contributed by atoms with E-state index in [4.69, 9.17) is 26.2 Å². The first kappa shape index (κ1) is 17.4. The van der Waals surface area contributed by atoms with Gasteiger partial charge in [-0.3, -0.25) is 4.79 Å². The van der Waals surface area contributed by atoms with E-state index in [1.165, 1.54) is 6.20 Å². The van der Waals surface area contributed by atoms with Crippen molar-refractivity contribution in [2.24, 2.45) is 0 Å². The van der Waals surface area contributed by atoms with E-state index >= 15 is 0 Å². The standard InChI is InChI=1S/C17H18ClN3O4/c18-15-5-7-19-20-17(15)25-14-6-8-21(9-14)16(23)11-24-13-3-1-12(10-22)2-4-13/h1-5,7,14,22H,6,8-11H2. The average Bonchev–Trinajstić information content (AvgIpc) is 3.11. The zero-order valence-electron chi connectivity index (χ0n) is 13.5. The van der Waals surface area contributed by atoms with Gasteiger partial charge in [-0.2, -0.15) is 5.10 Å². The van der Waals surface area contributed by atoms with Gasteiger partial charge < -0.3 is 19.5 Å². The first-order valence-corrected chi connectivity index (χ1v) is 8.27. The maximum absolute atomic E-state index is 12.3. The summed E-state index contributed by atoms with van der Waals surface area (Å²) in [5.74, 6) is 0.759. The molecule has 0 radical (unpaired) electrons. The molecule has 1 unspecified atom stereocenters. The molecule has 1 saturated heterocycles. The predicted octanol–water partition coefficient (Wildman–Crippen LogP) is 1.68. The van der Waals surface area contributed by atoms with E-state index in [1.807, 2.05) is 0 Å². The Balaban J connectivity index is 1.48. The van der Waals surface area contributed by atoms with Gasteiger partial charge in [0.1, 0.15) is 16.9 Å². The molecule has 1 aromatic heterocycles. The molecule has 132 valence electrons. The molecule has 1 atom stereocenters. The van der Waals surface area contributed by atoms with Crippen LogP contribution in [0.5, 0.6) is 11.6 Å². The zero-order valence-corrected chi connectivity index (χ0v) is 14.2. The molecule has 0 aliphatic carbocycles. The van der Waals surface area contributed by atoms with Gasteiger partial charge in [0, 0.05) is 13.0 Å². The Morgan fingerprint density at radius 1 is 1.32 bits per heavy atom. The summed E-state index contributed by atoms with van der Waals surface area (Å²) < 4.78 is 11.2. The summed E-state index contributed by atoms with van der Waals surface area (Å²) in [4.78, 5) is 13.9. The normalized spacial score (nSPS) is 16.7. The number of benzene rings is 1. The summed E-state index contributed by atoms with van der Waals surface area (Å²) in [5.41, 5.74) is 0.792. The Bertz CT molecular complexity index is 726. The van der Waals surface area contributed by atoms with Crippen LogP contribution in [0.25, 0.3) is 0 Å². The number of likely N-dealkylation sites (tertiary alicyclic amines) is 1. The minimum atomic E-state index is -0.165. The second kappa shape index (κ2) is 8.13. The third kappa shape index (κ3) is 4.58. The summed E-state index contributed by atoms with van der Waals surface area (Å²) in [6.07, 6.45) is 2.02. The molecule has 1 aliphatic rings. The number of aliphatic hydroxyl groups excluding tert-OH is 1. The highest BCUT2D eigenvalue weighted by molar-refractivity contribution is 6.31. The monoisotopic (exact) mass is 363 g/mol. The SMILES string of the molecule is O=C(COc1ccc(CO)cc1)N1CCC(Oc2nnccc2Cl)C1. The Kier molecular flexibility index (Phi) is 5.67. The van der Waals surface area contributed by atoms with Crippen molar-refractivity contribution in [2.45, 2.75) is 19.1 Å². The number of hydrogen-bond acceptors (Lipinski definition) is 6. The molecule has 2 heterocycles. The molecule has 1 aliphatic heterocycles. The van der Waals surface area contributed by atoms with Crippen LogP contribution in [0, 0.1) is 0 Å². The number of ether oxygens (including phenoxy) is 2. The lowest BCUT2D eigenvalue weighted by Gasteiger charge is -2.17. The van der Waals surface area contributed by atoms with Crippen molar-refractivity contribution in [1.82, 2.24) is 15.1 Å². The number of aromatic nitrogens is 2. The van der Waals surface area contributed by atoms with Crippen LogP contribution >= 0.6 is 11.6 Å². The van der Waals surface area contributed by atoms with Crippen LogP contribution in [-0.4, -0.2) is 51.9 Å². The fourth-order valence-electron chi connectivity index (χ4n) is 2.52. The molecule has 1 aromatic carbocycles. The van der Waals surface area contributed by atoms with Crippen LogP contribution in [0.4, 0.5) is 0 Å². The summed E-state index contributed by atoms with van der Waals surface area (Å²) in [5, 5.41) is 17.0. The molecular weight excluding hydrogens is 346 g/mol. The van der Waals surface area contributed by atoms with Gasteiger partial charge in [-0.05, 0) is 23.8 Å². The van der Waals surface area contributed by atoms with E-state index in [-0.39, 0.29) is 31.1 Å². The minimum Gasteiger partial charge on any atom is -0.484 e. The van der Waals surface area contributed by atoms with Crippen LogP contribution in [0.2, 0.25) is 5.02 Å². The number of nitrogens with zero attached hydrogens (tertiary/aromatic N) is 3. The van der Waals surface area contributed by atoms with Gasteiger partial charge in [0.05, 0.1) is 19.3 Å². The molecule has 1 N–H and O–H groups in total. The van der Waals surface area contributed by atoms with Gasteiger partial charge in [-0.15, -0.1) is 5.10 Å². The molecule has 8 heteroatoms. The van der Waals surface area contributed by atoms with Gasteiger partial charge in [0.15, 0.2) is 6.61 Å². The first-order chi connectivity index (χ1) is 12.2. The topological polar surface area (TPSA) is 84.8 Å². The van der Waals surface area contributed by atoms with E-state index < -0.39 is 0 Å². The average molecular weight is 364 g/mol. The van der Waals surface area contributed by atoms with E-state index in [2.05, 4.69) is 10.2 Å². The lowest BCUT2D eigenvalue weighted by atomic mass is 10.2. The fourth-order valence-corrected chi connectivity index (χ4v) is 2.66. The lowest BCUT2D eigenvalue weighted by molar-refractivity contribution is -0.132. The Labute approximate surface area is 150 Å². The fraction of sp³-hybridized carbons (Fsp3) is 0.353. The quantitative estimate of drug-likeness (QED) is 0.840. The number of aliphatic hydroxyl groups is 1. The lowest BCUT2D eigenvalue weighted by Crippen LogP contribution is -2.34. The second-order valence-corrected chi connectivity index (χ2v) is 6.05. The van der Waals surface area contributed by atoms with Crippen LogP contribution in [0.1, 0.15) is 12.0 Å². The highest BCUT2D eigenvalue weighted by Gasteiger charge is 2.28. The Morgan fingerprint density at radius 2 is 2.12 bits per heavy atom. The van der Waals surface area contributed by atoms with Crippen molar-refractivity contribution in [1.29, 1.82) is 0 Å². The van der Waals surface area contributed by atoms with E-state index in [9.17, 15) is 4.79 Å². The van der Waals surface area contributed by atoms with Crippen molar-refractivity contribution >= 4 is 17.5 Å². The van der Waals surface area contributed by atoms with Gasteiger partial charge in [-0.1, -0.05) is 23.7 Å². The van der Waals surface area contributed by atoms with Crippen LogP contribution in [0.3, 0.4) is 0 Å². The number of carbonyl (C=O) groups is 1. The zero-order chi connectivity index (χ0) is 17.6. The highest BCUT2D eigenvalue weighted by atomic mass is 35.5. The third-order valence-electron chi connectivity index (χ3n) is 3.88. The minimum absolute atomic E-state index is 0.0236. The molecule has 0 saturated carbocycles. The molecule has 3 rings (SSSR count). The summed E-state index contributed by atoms with van der Waals surface area (Å²) in [7, 11) is 0. The van der Waals surface area contributed by atoms with Gasteiger partial charge in [0.2, 0.25) is 0 Å². The largest absolute Gasteiger partial charge is 0.484 e. The van der Waals surface area contributed by atoms with Crippen LogP contribution in [0.15, 0.2) is 36.5 Å². The summed E-state index contributed by atoms with van der Waals surface area (Å²) in [6, 6.07) is 8.57. The highest BCUT2D eigenvalue weighted by Crippen LogP contribution is 2.23. The molecule has 25 heavy (non-hydrogen) atoms. The maximum atomic E-state index is 12.3. The first-order valence-electron chi connectivity index (χ1n) is 7.90. The van der Waals surface area contributed by atoms with E-state index in [0.717, 1.165) is 5.56 Å². The van der Waals surface area contributed by atoms with Gasteiger partial charge >= 0.3 is 0 Å². The van der Waals surface area contributed by atoms with Crippen LogP contribution in [-0.2, 0) is 11.4 Å². The summed E-state index contributed by atoms with van der Waals surface area (Å²) >= 11 is 6.00. The number of hydrogen-bond donors (Lipinski definition) is 1. The van der Waals surface area contributed by atoms with E-state index in [1.54, 1.807) is 35.2 Å². The van der Waals surface area contributed by atoms with Crippen molar-refractivity contribution < 1.29 is 19.4 Å². The number of rotatable bonds is 6. The Hall–Kier alpha value is -2.38. The Morgan fingerprint density at radius 3 is 2.84 bits per heavy atom. The molecule has 7 nitrogen and oxygen atoms in total. The van der Waals surface area contributed by atoms with Gasteiger partial charge in [0.25, 0.3) is 11.8 Å². The second-order valence-electron chi connectivity index (χ2n) is 5.64. The molecule has 1 amide bonds. The summed E-state index contributed by atoms with van der Waals surface area (Å²) in [6.45, 7) is 0.980. The number of halogens is 1.